The van der Waals surface area contributed by atoms with Gasteiger partial charge in [-0.2, -0.15) is 0 Å². The lowest BCUT2D eigenvalue weighted by Gasteiger charge is -2.03. The van der Waals surface area contributed by atoms with Gasteiger partial charge in [0.25, 0.3) is 0 Å². The van der Waals surface area contributed by atoms with Gasteiger partial charge in [-0.3, -0.25) is 0 Å². The smallest absolute Gasteiger partial charge is 0.152 e. The molecular weight excluding hydrogens is 343 g/mol. The van der Waals surface area contributed by atoms with Crippen molar-refractivity contribution in [1.82, 2.24) is 0 Å². The van der Waals surface area contributed by atoms with Crippen molar-refractivity contribution >= 4 is 47.8 Å². The van der Waals surface area contributed by atoms with Gasteiger partial charge in [-0.1, -0.05) is 0 Å². The standard InChI is InChI=1S/C7H4Br3F/c1-3-2-4(8)7(11)6(10)5(3)9/h2H,1H3. The van der Waals surface area contributed by atoms with Gasteiger partial charge in [0.05, 0.1) is 8.95 Å². The molecule has 0 bridgehead atoms. The van der Waals surface area contributed by atoms with Crippen molar-refractivity contribution in [3.63, 3.8) is 0 Å². The van der Waals surface area contributed by atoms with Gasteiger partial charge in [-0.15, -0.1) is 0 Å². The van der Waals surface area contributed by atoms with Gasteiger partial charge < -0.3 is 0 Å². The number of hydrogen-bond donors (Lipinski definition) is 0. The van der Waals surface area contributed by atoms with E-state index >= 15 is 0 Å². The highest BCUT2D eigenvalue weighted by Crippen LogP contribution is 2.33. The average Bonchev–Trinajstić information content (AvgIpc) is 1.97. The molecular formula is C7H4Br3F. The van der Waals surface area contributed by atoms with Crippen molar-refractivity contribution in [1.29, 1.82) is 0 Å². The van der Waals surface area contributed by atoms with Crippen LogP contribution in [0.15, 0.2) is 19.5 Å². The Kier molecular flexibility index (Phi) is 3.11. The summed E-state index contributed by atoms with van der Waals surface area (Å²) >= 11 is 9.49. The Morgan fingerprint density at radius 3 is 2.27 bits per heavy atom. The van der Waals surface area contributed by atoms with E-state index in [2.05, 4.69) is 47.8 Å². The molecule has 11 heavy (non-hydrogen) atoms. The van der Waals surface area contributed by atoms with E-state index in [0.29, 0.717) is 8.95 Å². The molecule has 1 aromatic carbocycles. The zero-order chi connectivity index (χ0) is 8.59. The van der Waals surface area contributed by atoms with E-state index in [0.717, 1.165) is 10.0 Å². The Bertz CT molecular complexity index is 270. The summed E-state index contributed by atoms with van der Waals surface area (Å²) in [5.74, 6) is -0.275. The molecule has 1 aromatic rings. The molecule has 0 atom stereocenters. The maximum Gasteiger partial charge on any atom is 0.152 e. The molecule has 0 aliphatic heterocycles. The zero-order valence-corrected chi connectivity index (χ0v) is 10.3. The largest absolute Gasteiger partial charge is 0.204 e. The first-order chi connectivity index (χ1) is 5.04. The summed E-state index contributed by atoms with van der Waals surface area (Å²) in [6.07, 6.45) is 0. The van der Waals surface area contributed by atoms with Crippen molar-refractivity contribution in [2.24, 2.45) is 0 Å². The Balaban J connectivity index is 3.46. The topological polar surface area (TPSA) is 0 Å². The molecule has 0 saturated carbocycles. The lowest BCUT2D eigenvalue weighted by Crippen LogP contribution is -1.85. The number of aryl methyl sites for hydroxylation is 1. The van der Waals surface area contributed by atoms with Crippen LogP contribution in [0.1, 0.15) is 5.56 Å². The lowest BCUT2D eigenvalue weighted by atomic mass is 10.2. The van der Waals surface area contributed by atoms with E-state index in [9.17, 15) is 4.39 Å². The molecule has 0 N–H and O–H groups in total. The van der Waals surface area contributed by atoms with Gasteiger partial charge in [0, 0.05) is 4.47 Å². The zero-order valence-electron chi connectivity index (χ0n) is 5.59. The Morgan fingerprint density at radius 1 is 1.18 bits per heavy atom. The minimum absolute atomic E-state index is 0.275. The third-order valence-electron chi connectivity index (χ3n) is 1.28. The van der Waals surface area contributed by atoms with Crippen LogP contribution in [0.5, 0.6) is 0 Å². The second-order valence-electron chi connectivity index (χ2n) is 2.12. The van der Waals surface area contributed by atoms with Gasteiger partial charge >= 0.3 is 0 Å². The Morgan fingerprint density at radius 2 is 1.73 bits per heavy atom. The van der Waals surface area contributed by atoms with Crippen molar-refractivity contribution in [3.05, 3.63) is 30.9 Å². The molecule has 0 unspecified atom stereocenters. The van der Waals surface area contributed by atoms with E-state index in [4.69, 9.17) is 0 Å². The van der Waals surface area contributed by atoms with E-state index in [1.807, 2.05) is 6.92 Å². The third-order valence-corrected chi connectivity index (χ3v) is 4.16. The summed E-state index contributed by atoms with van der Waals surface area (Å²) in [4.78, 5) is 0. The minimum atomic E-state index is -0.275. The molecule has 4 heteroatoms. The molecule has 0 nitrogen and oxygen atoms in total. The fourth-order valence-corrected chi connectivity index (χ4v) is 2.31. The van der Waals surface area contributed by atoms with Crippen LogP contribution in [-0.2, 0) is 0 Å². The first kappa shape index (κ1) is 9.68. The summed E-state index contributed by atoms with van der Waals surface area (Å²) in [6.45, 7) is 1.90. The molecule has 0 radical (unpaired) electrons. The highest BCUT2D eigenvalue weighted by atomic mass is 79.9. The molecule has 0 heterocycles. The van der Waals surface area contributed by atoms with Gasteiger partial charge in [-0.25, -0.2) is 4.39 Å². The van der Waals surface area contributed by atoms with E-state index < -0.39 is 0 Å². The average molecular weight is 347 g/mol. The highest BCUT2D eigenvalue weighted by molar-refractivity contribution is 9.13. The van der Waals surface area contributed by atoms with Gasteiger partial charge in [-0.05, 0) is 66.3 Å². The lowest BCUT2D eigenvalue weighted by molar-refractivity contribution is 0.612. The molecule has 1 rings (SSSR count). The molecule has 0 saturated heterocycles. The van der Waals surface area contributed by atoms with Crippen molar-refractivity contribution in [2.45, 2.75) is 6.92 Å². The number of hydrogen-bond acceptors (Lipinski definition) is 0. The van der Waals surface area contributed by atoms with Crippen LogP contribution in [0.25, 0.3) is 0 Å². The summed E-state index contributed by atoms with van der Waals surface area (Å²) in [7, 11) is 0. The normalized spacial score (nSPS) is 10.3. The fourth-order valence-electron chi connectivity index (χ4n) is 0.691. The monoisotopic (exact) mass is 344 g/mol. The van der Waals surface area contributed by atoms with E-state index in [1.54, 1.807) is 6.07 Å². The molecule has 0 spiro atoms. The van der Waals surface area contributed by atoms with Crippen molar-refractivity contribution in [3.8, 4) is 0 Å². The number of rotatable bonds is 0. The maximum absolute atomic E-state index is 13.0. The van der Waals surface area contributed by atoms with E-state index in [1.165, 1.54) is 0 Å². The van der Waals surface area contributed by atoms with Crippen LogP contribution in [0.2, 0.25) is 0 Å². The van der Waals surface area contributed by atoms with Crippen LogP contribution in [-0.4, -0.2) is 0 Å². The SMILES string of the molecule is Cc1cc(Br)c(F)c(Br)c1Br. The maximum atomic E-state index is 13.0. The van der Waals surface area contributed by atoms with Gasteiger partial charge in [0.15, 0.2) is 5.82 Å². The number of halogens is 4. The van der Waals surface area contributed by atoms with Crippen molar-refractivity contribution < 1.29 is 4.39 Å². The number of benzene rings is 1. The first-order valence-corrected chi connectivity index (χ1v) is 5.21. The van der Waals surface area contributed by atoms with Gasteiger partial charge in [0.1, 0.15) is 0 Å². The summed E-state index contributed by atoms with van der Waals surface area (Å²) in [5, 5.41) is 0. The first-order valence-electron chi connectivity index (χ1n) is 2.83. The molecule has 0 aromatic heterocycles. The second kappa shape index (κ2) is 3.54. The van der Waals surface area contributed by atoms with Crippen LogP contribution in [0, 0.1) is 12.7 Å². The summed E-state index contributed by atoms with van der Waals surface area (Å²) in [5.41, 5.74) is 0.991. The fraction of sp³-hybridized carbons (Fsp3) is 0.143. The van der Waals surface area contributed by atoms with Gasteiger partial charge in [0.2, 0.25) is 0 Å². The van der Waals surface area contributed by atoms with Crippen LogP contribution in [0.4, 0.5) is 4.39 Å². The predicted molar refractivity (Wildman–Crippen MR) is 54.2 cm³/mol. The highest BCUT2D eigenvalue weighted by Gasteiger charge is 2.09. The molecule has 0 aliphatic carbocycles. The summed E-state index contributed by atoms with van der Waals surface area (Å²) < 4.78 is 14.7. The van der Waals surface area contributed by atoms with Crippen LogP contribution >= 0.6 is 47.8 Å². The quantitative estimate of drug-likeness (QED) is 0.482. The predicted octanol–water partition coefficient (Wildman–Crippen LogP) is 4.42. The molecule has 0 fully saturated rings. The molecule has 0 aliphatic rings. The molecule has 0 amide bonds. The van der Waals surface area contributed by atoms with Crippen LogP contribution in [0.3, 0.4) is 0 Å². The third kappa shape index (κ3) is 1.84. The van der Waals surface area contributed by atoms with Crippen molar-refractivity contribution in [2.75, 3.05) is 0 Å². The molecule has 60 valence electrons. The Hall–Kier alpha value is 0.590. The minimum Gasteiger partial charge on any atom is -0.204 e. The van der Waals surface area contributed by atoms with Crippen LogP contribution < -0.4 is 0 Å². The second-order valence-corrected chi connectivity index (χ2v) is 4.56. The summed E-state index contributed by atoms with van der Waals surface area (Å²) in [6, 6.07) is 1.73. The van der Waals surface area contributed by atoms with E-state index in [-0.39, 0.29) is 5.82 Å². The Labute approximate surface area is 89.6 Å².